The lowest BCUT2D eigenvalue weighted by Crippen LogP contribution is -2.29. The minimum Gasteiger partial charge on any atom is -0.545 e. The van der Waals surface area contributed by atoms with E-state index in [1.165, 1.54) is 24.1 Å². The molecule has 0 aliphatic carbocycles. The topological polar surface area (TPSA) is 78.9 Å². The largest absolute Gasteiger partial charge is 0.545 e. The number of aryl methyl sites for hydroxylation is 1. The number of thioether (sulfide) groups is 1. The summed E-state index contributed by atoms with van der Waals surface area (Å²) in [5.74, 6) is -0.451. The highest BCUT2D eigenvalue weighted by Gasteiger charge is 2.34. The van der Waals surface area contributed by atoms with Crippen molar-refractivity contribution in [3.63, 3.8) is 0 Å². The fourth-order valence-electron chi connectivity index (χ4n) is 2.73. The molecule has 1 aliphatic rings. The van der Waals surface area contributed by atoms with Gasteiger partial charge in [0.05, 0.1) is 30.8 Å². The van der Waals surface area contributed by atoms with Gasteiger partial charge in [0.2, 0.25) is 0 Å². The molecule has 1 fully saturated rings. The summed E-state index contributed by atoms with van der Waals surface area (Å²) in [7, 11) is 3.09. The van der Waals surface area contributed by atoms with E-state index in [0.717, 1.165) is 17.3 Å². The van der Waals surface area contributed by atoms with Crippen LogP contribution in [-0.2, 0) is 4.79 Å². The monoisotopic (exact) mass is 414 g/mol. The normalized spacial score (nSPS) is 15.2. The quantitative estimate of drug-likeness (QED) is 0.550. The zero-order valence-corrected chi connectivity index (χ0v) is 17.0. The smallest absolute Gasteiger partial charge is 0.270 e. The number of hydrogen-bond acceptors (Lipinski definition) is 7. The summed E-state index contributed by atoms with van der Waals surface area (Å²) >= 11 is 6.52. The van der Waals surface area contributed by atoms with Gasteiger partial charge < -0.3 is 19.4 Å². The molecule has 0 saturated carbocycles. The van der Waals surface area contributed by atoms with Gasteiger partial charge in [-0.15, -0.1) is 0 Å². The third-order valence-corrected chi connectivity index (χ3v) is 5.51. The molecule has 0 unspecified atom stereocenters. The fraction of sp³-hybridized carbons (Fsp3) is 0.150. The first kappa shape index (κ1) is 19.9. The molecule has 144 valence electrons. The van der Waals surface area contributed by atoms with Crippen molar-refractivity contribution in [1.29, 1.82) is 0 Å². The number of carboxylic acid groups (broad SMARTS) is 1. The Morgan fingerprint density at radius 1 is 1.18 bits per heavy atom. The van der Waals surface area contributed by atoms with E-state index in [4.69, 9.17) is 21.7 Å². The second kappa shape index (κ2) is 8.04. The van der Waals surface area contributed by atoms with Crippen molar-refractivity contribution in [1.82, 2.24) is 0 Å². The predicted molar refractivity (Wildman–Crippen MR) is 111 cm³/mol. The summed E-state index contributed by atoms with van der Waals surface area (Å²) in [5.41, 5.74) is 1.83. The van der Waals surface area contributed by atoms with E-state index >= 15 is 0 Å². The molecule has 8 heteroatoms. The lowest BCUT2D eigenvalue weighted by Gasteiger charge is -2.18. The maximum Gasteiger partial charge on any atom is 0.270 e. The predicted octanol–water partition coefficient (Wildman–Crippen LogP) is 2.78. The maximum atomic E-state index is 13.0. The van der Waals surface area contributed by atoms with Gasteiger partial charge in [-0.1, -0.05) is 36.1 Å². The molecular formula is C20H16NO5S2-. The van der Waals surface area contributed by atoms with Crippen LogP contribution in [0.5, 0.6) is 11.5 Å². The van der Waals surface area contributed by atoms with Crippen LogP contribution in [0.2, 0.25) is 0 Å². The van der Waals surface area contributed by atoms with Crippen LogP contribution >= 0.6 is 24.0 Å². The molecular weight excluding hydrogens is 398 g/mol. The van der Waals surface area contributed by atoms with Crippen LogP contribution in [0.3, 0.4) is 0 Å². The molecule has 0 spiro atoms. The Morgan fingerprint density at radius 2 is 1.93 bits per heavy atom. The number of amides is 1. The van der Waals surface area contributed by atoms with E-state index in [9.17, 15) is 14.7 Å². The van der Waals surface area contributed by atoms with Crippen LogP contribution in [0.4, 0.5) is 5.69 Å². The molecule has 0 radical (unpaired) electrons. The second-order valence-corrected chi connectivity index (χ2v) is 7.59. The van der Waals surface area contributed by atoms with Crippen molar-refractivity contribution in [3.05, 3.63) is 58.0 Å². The summed E-state index contributed by atoms with van der Waals surface area (Å²) in [6.45, 7) is 1.78. The molecule has 1 aliphatic heterocycles. The number of hydrogen-bond donors (Lipinski definition) is 0. The van der Waals surface area contributed by atoms with Crippen LogP contribution in [0.1, 0.15) is 21.5 Å². The number of ether oxygens (including phenoxy) is 2. The Labute approximate surface area is 171 Å². The van der Waals surface area contributed by atoms with Gasteiger partial charge >= 0.3 is 0 Å². The zero-order chi connectivity index (χ0) is 20.4. The van der Waals surface area contributed by atoms with Gasteiger partial charge in [0.15, 0.2) is 4.32 Å². The van der Waals surface area contributed by atoms with Crippen LogP contribution < -0.4 is 19.5 Å². The van der Waals surface area contributed by atoms with E-state index in [-0.39, 0.29) is 11.5 Å². The summed E-state index contributed by atoms with van der Waals surface area (Å²) < 4.78 is 10.9. The lowest BCUT2D eigenvalue weighted by molar-refractivity contribution is -0.255. The molecule has 6 nitrogen and oxygen atoms in total. The Balaban J connectivity index is 2.00. The number of methoxy groups -OCH3 is 2. The second-order valence-electron chi connectivity index (χ2n) is 5.91. The molecule has 1 heterocycles. The molecule has 28 heavy (non-hydrogen) atoms. The van der Waals surface area contributed by atoms with Crippen LogP contribution in [0.15, 0.2) is 41.3 Å². The minimum absolute atomic E-state index is 0.0181. The molecule has 2 aromatic rings. The van der Waals surface area contributed by atoms with E-state index in [2.05, 4.69) is 0 Å². The number of thiocarbonyl (C=S) groups is 1. The van der Waals surface area contributed by atoms with Crippen molar-refractivity contribution in [2.45, 2.75) is 6.92 Å². The SMILES string of the molecule is COc1ccc(/C=C2\SC(=S)N(c3cc(C(=O)[O-])ccc3C)C2=O)c(OC)c1. The first-order valence-electron chi connectivity index (χ1n) is 8.17. The number of benzene rings is 2. The third-order valence-electron chi connectivity index (χ3n) is 4.21. The highest BCUT2D eigenvalue weighted by molar-refractivity contribution is 8.27. The molecule has 0 bridgehead atoms. The number of carboxylic acids is 1. The number of carbonyl (C=O) groups excluding carboxylic acids is 2. The molecule has 0 N–H and O–H groups in total. The average Bonchev–Trinajstić information content (AvgIpc) is 2.95. The summed E-state index contributed by atoms with van der Waals surface area (Å²) in [4.78, 5) is 25.9. The number of carbonyl (C=O) groups is 2. The first-order chi connectivity index (χ1) is 13.3. The summed E-state index contributed by atoms with van der Waals surface area (Å²) in [6.07, 6.45) is 1.69. The highest BCUT2D eigenvalue weighted by Crippen LogP contribution is 2.39. The number of nitrogens with zero attached hydrogens (tertiary/aromatic N) is 1. The Bertz CT molecular complexity index is 1020. The van der Waals surface area contributed by atoms with Gasteiger partial charge in [-0.2, -0.15) is 0 Å². The fourth-order valence-corrected chi connectivity index (χ4v) is 4.01. The van der Waals surface area contributed by atoms with E-state index in [1.807, 2.05) is 0 Å². The van der Waals surface area contributed by atoms with Crippen molar-refractivity contribution in [3.8, 4) is 11.5 Å². The summed E-state index contributed by atoms with van der Waals surface area (Å²) in [6, 6.07) is 9.72. The molecule has 1 saturated heterocycles. The highest BCUT2D eigenvalue weighted by atomic mass is 32.2. The van der Waals surface area contributed by atoms with E-state index in [1.54, 1.807) is 44.4 Å². The molecule has 0 atom stereocenters. The zero-order valence-electron chi connectivity index (χ0n) is 15.3. The molecule has 3 rings (SSSR count). The van der Waals surface area contributed by atoms with Crippen LogP contribution in [0, 0.1) is 6.92 Å². The van der Waals surface area contributed by atoms with Crippen LogP contribution in [-0.4, -0.2) is 30.4 Å². The Hall–Kier alpha value is -2.84. The number of rotatable bonds is 5. The van der Waals surface area contributed by atoms with Gasteiger partial charge in [-0.05, 0) is 42.3 Å². The third kappa shape index (κ3) is 3.74. The Morgan fingerprint density at radius 3 is 2.57 bits per heavy atom. The van der Waals surface area contributed by atoms with Gasteiger partial charge in [-0.3, -0.25) is 9.69 Å². The van der Waals surface area contributed by atoms with Crippen molar-refractivity contribution in [2.24, 2.45) is 0 Å². The van der Waals surface area contributed by atoms with Gasteiger partial charge in [-0.25, -0.2) is 0 Å². The maximum absolute atomic E-state index is 13.0. The summed E-state index contributed by atoms with van der Waals surface area (Å²) in [5, 5.41) is 11.2. The molecule has 2 aromatic carbocycles. The number of anilines is 1. The number of aromatic carboxylic acids is 1. The van der Waals surface area contributed by atoms with Crippen LogP contribution in [0.25, 0.3) is 6.08 Å². The van der Waals surface area contributed by atoms with Crippen molar-refractivity contribution >= 4 is 51.9 Å². The standard InChI is InChI=1S/C20H17NO5S2/c1-11-4-5-13(19(23)24)8-15(11)21-18(22)17(28-20(21)27)9-12-6-7-14(25-2)10-16(12)26-3/h4-10H,1-3H3,(H,23,24)/p-1/b17-9-. The molecule has 1 amide bonds. The lowest BCUT2D eigenvalue weighted by atomic mass is 10.1. The average molecular weight is 414 g/mol. The van der Waals surface area contributed by atoms with Gasteiger partial charge in [0.1, 0.15) is 11.5 Å². The molecule has 0 aromatic heterocycles. The van der Waals surface area contributed by atoms with Crippen molar-refractivity contribution < 1.29 is 24.2 Å². The van der Waals surface area contributed by atoms with Gasteiger partial charge in [0, 0.05) is 11.6 Å². The first-order valence-corrected chi connectivity index (χ1v) is 9.40. The van der Waals surface area contributed by atoms with Gasteiger partial charge in [0.25, 0.3) is 5.91 Å². The van der Waals surface area contributed by atoms with Crippen molar-refractivity contribution in [2.75, 3.05) is 19.1 Å². The minimum atomic E-state index is -1.31. The van der Waals surface area contributed by atoms with E-state index in [0.29, 0.717) is 32.0 Å². The van der Waals surface area contributed by atoms with E-state index < -0.39 is 5.97 Å². The Kier molecular flexibility index (Phi) is 5.71.